The van der Waals surface area contributed by atoms with E-state index in [2.05, 4.69) is 15.1 Å². The van der Waals surface area contributed by atoms with Crippen LogP contribution in [-0.4, -0.2) is 33.4 Å². The minimum Gasteiger partial charge on any atom is -0.481 e. The number of carboxylic acid groups (broad SMARTS) is 1. The number of benzene rings is 1. The zero-order chi connectivity index (χ0) is 19.0. The molecular formula is C17H16F3N3O3. The van der Waals surface area contributed by atoms with Crippen LogP contribution in [0.3, 0.4) is 0 Å². The van der Waals surface area contributed by atoms with Crippen LogP contribution in [-0.2, 0) is 15.8 Å². The van der Waals surface area contributed by atoms with Gasteiger partial charge >= 0.3 is 12.1 Å². The lowest BCUT2D eigenvalue weighted by molar-refractivity contribution is -0.138. The Labute approximate surface area is 147 Å². The van der Waals surface area contributed by atoms with E-state index >= 15 is 0 Å². The molecule has 2 rings (SSSR count). The molecule has 0 aliphatic heterocycles. The number of hydrogen-bond acceptors (Lipinski definition) is 5. The molecule has 1 N–H and O–H groups in total. The van der Waals surface area contributed by atoms with Gasteiger partial charge in [-0.05, 0) is 31.0 Å². The Morgan fingerprint density at radius 1 is 1.23 bits per heavy atom. The topological polar surface area (TPSA) is 84.7 Å². The largest absolute Gasteiger partial charge is 0.481 e. The summed E-state index contributed by atoms with van der Waals surface area (Å²) in [7, 11) is 0. The van der Waals surface area contributed by atoms with Crippen molar-refractivity contribution in [3.63, 3.8) is 0 Å². The number of oxime groups is 1. The van der Waals surface area contributed by atoms with Crippen LogP contribution >= 0.6 is 0 Å². The molecule has 0 bridgehead atoms. The maximum atomic E-state index is 12.9. The van der Waals surface area contributed by atoms with Crippen LogP contribution in [0.4, 0.5) is 13.2 Å². The second-order valence-electron chi connectivity index (χ2n) is 5.30. The zero-order valence-corrected chi connectivity index (χ0v) is 13.6. The van der Waals surface area contributed by atoms with Crippen LogP contribution in [0, 0.1) is 0 Å². The van der Waals surface area contributed by atoms with Gasteiger partial charge < -0.3 is 9.94 Å². The lowest BCUT2D eigenvalue weighted by Gasteiger charge is -2.10. The van der Waals surface area contributed by atoms with Crippen molar-refractivity contribution in [3.05, 3.63) is 59.7 Å². The van der Waals surface area contributed by atoms with E-state index < -0.39 is 17.7 Å². The second kappa shape index (κ2) is 8.93. The molecule has 9 heteroatoms. The number of aromatic nitrogens is 2. The molecule has 2 aromatic rings. The van der Waals surface area contributed by atoms with Crippen molar-refractivity contribution in [3.8, 4) is 0 Å². The Balaban J connectivity index is 2.20. The molecule has 0 atom stereocenters. The Kier molecular flexibility index (Phi) is 6.65. The molecule has 0 unspecified atom stereocenters. The first-order valence-corrected chi connectivity index (χ1v) is 7.73. The average molecular weight is 367 g/mol. The summed E-state index contributed by atoms with van der Waals surface area (Å²) in [5.41, 5.74) is -0.163. The Morgan fingerprint density at radius 2 is 2.04 bits per heavy atom. The molecule has 0 spiro atoms. The van der Waals surface area contributed by atoms with E-state index in [0.29, 0.717) is 18.5 Å². The fourth-order valence-corrected chi connectivity index (χ4v) is 2.07. The third-order valence-electron chi connectivity index (χ3n) is 3.32. The number of unbranched alkanes of at least 4 members (excludes halogenated alkanes) is 1. The summed E-state index contributed by atoms with van der Waals surface area (Å²) >= 11 is 0. The maximum absolute atomic E-state index is 12.9. The first-order valence-electron chi connectivity index (χ1n) is 7.73. The first-order chi connectivity index (χ1) is 12.4. The van der Waals surface area contributed by atoms with Crippen molar-refractivity contribution in [2.24, 2.45) is 5.16 Å². The van der Waals surface area contributed by atoms with Gasteiger partial charge in [0.2, 0.25) is 0 Å². The standard InChI is InChI=1S/C17H16F3N3O3/c18-17(19,20)13-5-3-4-12(10-13)16(14-7-8-21-11-22-14)23-26-9-2-1-6-15(24)25/h3-5,7-8,10-11H,1-2,6,9H2,(H,24,25)/b23-16+. The third-order valence-corrected chi connectivity index (χ3v) is 3.32. The number of nitrogens with zero attached hydrogens (tertiary/aromatic N) is 3. The van der Waals surface area contributed by atoms with Gasteiger partial charge in [0.05, 0.1) is 11.3 Å². The van der Waals surface area contributed by atoms with Crippen LogP contribution in [0.25, 0.3) is 0 Å². The molecule has 1 aromatic carbocycles. The van der Waals surface area contributed by atoms with Gasteiger partial charge in [-0.3, -0.25) is 4.79 Å². The van der Waals surface area contributed by atoms with Crippen LogP contribution in [0.2, 0.25) is 0 Å². The molecule has 6 nitrogen and oxygen atoms in total. The smallest absolute Gasteiger partial charge is 0.416 e. The zero-order valence-electron chi connectivity index (χ0n) is 13.6. The molecule has 0 fully saturated rings. The molecule has 0 aliphatic rings. The summed E-state index contributed by atoms with van der Waals surface area (Å²) in [6.45, 7) is 0.140. The molecule has 0 amide bonds. The number of rotatable bonds is 8. The molecule has 138 valence electrons. The Hall–Kier alpha value is -2.97. The van der Waals surface area contributed by atoms with E-state index in [9.17, 15) is 18.0 Å². The van der Waals surface area contributed by atoms with E-state index in [1.807, 2.05) is 0 Å². The fourth-order valence-electron chi connectivity index (χ4n) is 2.07. The van der Waals surface area contributed by atoms with E-state index in [-0.39, 0.29) is 24.3 Å². The van der Waals surface area contributed by atoms with Crippen LogP contribution < -0.4 is 0 Å². The number of halogens is 3. The van der Waals surface area contributed by atoms with Crippen molar-refractivity contribution in [2.75, 3.05) is 6.61 Å². The Morgan fingerprint density at radius 3 is 2.69 bits per heavy atom. The van der Waals surface area contributed by atoms with Gasteiger partial charge in [0.1, 0.15) is 18.6 Å². The van der Waals surface area contributed by atoms with Gasteiger partial charge in [-0.2, -0.15) is 13.2 Å². The van der Waals surface area contributed by atoms with Gasteiger partial charge in [0, 0.05) is 18.2 Å². The summed E-state index contributed by atoms with van der Waals surface area (Å²) in [4.78, 5) is 23.4. The lowest BCUT2D eigenvalue weighted by atomic mass is 10.0. The summed E-state index contributed by atoms with van der Waals surface area (Å²) in [6, 6.07) is 6.20. The second-order valence-corrected chi connectivity index (χ2v) is 5.30. The maximum Gasteiger partial charge on any atom is 0.416 e. The molecule has 0 saturated carbocycles. The lowest BCUT2D eigenvalue weighted by Crippen LogP contribution is -2.11. The van der Waals surface area contributed by atoms with Gasteiger partial charge in [-0.15, -0.1) is 0 Å². The number of carboxylic acids is 1. The average Bonchev–Trinajstić information content (AvgIpc) is 2.61. The van der Waals surface area contributed by atoms with Crippen molar-refractivity contribution in [1.29, 1.82) is 0 Å². The van der Waals surface area contributed by atoms with E-state index in [1.165, 1.54) is 30.7 Å². The first kappa shape index (κ1) is 19.4. The number of carbonyl (C=O) groups is 1. The highest BCUT2D eigenvalue weighted by Gasteiger charge is 2.30. The number of alkyl halides is 3. The van der Waals surface area contributed by atoms with E-state index in [4.69, 9.17) is 9.94 Å². The summed E-state index contributed by atoms with van der Waals surface area (Å²) in [6.07, 6.45) is -0.902. The van der Waals surface area contributed by atoms with Crippen LogP contribution in [0.1, 0.15) is 36.1 Å². The molecule has 1 aromatic heterocycles. The SMILES string of the molecule is O=C(O)CCCCO/N=C(\c1cccc(C(F)(F)F)c1)c1ccncn1. The highest BCUT2D eigenvalue weighted by Crippen LogP contribution is 2.30. The van der Waals surface area contributed by atoms with Gasteiger partial charge in [0.15, 0.2) is 0 Å². The fraction of sp³-hybridized carbons (Fsp3) is 0.294. The van der Waals surface area contributed by atoms with Crippen molar-refractivity contribution < 1.29 is 27.9 Å². The summed E-state index contributed by atoms with van der Waals surface area (Å²) < 4.78 is 38.8. The molecule has 0 radical (unpaired) electrons. The highest BCUT2D eigenvalue weighted by molar-refractivity contribution is 6.11. The summed E-state index contributed by atoms with van der Waals surface area (Å²) in [5, 5.41) is 12.5. The third kappa shape index (κ3) is 5.83. The van der Waals surface area contributed by atoms with Crippen LogP contribution in [0.15, 0.2) is 48.0 Å². The monoisotopic (exact) mass is 367 g/mol. The highest BCUT2D eigenvalue weighted by atomic mass is 19.4. The minimum atomic E-state index is -4.48. The van der Waals surface area contributed by atoms with Crippen LogP contribution in [0.5, 0.6) is 0 Å². The van der Waals surface area contributed by atoms with Crippen molar-refractivity contribution in [2.45, 2.75) is 25.4 Å². The molecule has 0 aliphatic carbocycles. The molecule has 0 saturated heterocycles. The van der Waals surface area contributed by atoms with Gasteiger partial charge in [0.25, 0.3) is 0 Å². The predicted octanol–water partition coefficient (Wildman–Crippen LogP) is 3.52. The van der Waals surface area contributed by atoms with Gasteiger partial charge in [-0.25, -0.2) is 9.97 Å². The van der Waals surface area contributed by atoms with Gasteiger partial charge in [-0.1, -0.05) is 17.3 Å². The number of hydrogen-bond donors (Lipinski definition) is 1. The summed E-state index contributed by atoms with van der Waals surface area (Å²) in [5.74, 6) is -0.904. The van der Waals surface area contributed by atoms with E-state index in [0.717, 1.165) is 12.1 Å². The molecule has 1 heterocycles. The number of aliphatic carboxylic acids is 1. The van der Waals surface area contributed by atoms with E-state index in [1.54, 1.807) is 0 Å². The molecule has 26 heavy (non-hydrogen) atoms. The van der Waals surface area contributed by atoms with Crippen molar-refractivity contribution in [1.82, 2.24) is 9.97 Å². The quantitative estimate of drug-likeness (QED) is 0.438. The predicted molar refractivity (Wildman–Crippen MR) is 86.6 cm³/mol. The molecular weight excluding hydrogens is 351 g/mol. The minimum absolute atomic E-state index is 0.0134. The van der Waals surface area contributed by atoms with Crippen molar-refractivity contribution >= 4 is 11.7 Å². The normalized spacial score (nSPS) is 12.0. The Bertz CT molecular complexity index is 765.